The first-order chi connectivity index (χ1) is 13.1. The number of benzene rings is 1. The highest BCUT2D eigenvalue weighted by Crippen LogP contribution is 2.52. The van der Waals surface area contributed by atoms with E-state index in [0.29, 0.717) is 40.5 Å². The lowest BCUT2D eigenvalue weighted by Crippen LogP contribution is -2.20. The summed E-state index contributed by atoms with van der Waals surface area (Å²) >= 11 is 0. The molecule has 0 radical (unpaired) electrons. The molecule has 0 amide bonds. The molecule has 1 aromatic rings. The quantitative estimate of drug-likeness (QED) is 0.327. The normalized spacial score (nSPS) is 17.6. The van der Waals surface area contributed by atoms with E-state index in [1.165, 1.54) is 20.4 Å². The second kappa shape index (κ2) is 8.02. The summed E-state index contributed by atoms with van der Waals surface area (Å²) < 4.78 is 26.9. The Morgan fingerprint density at radius 2 is 2.00 bits per heavy atom. The summed E-state index contributed by atoms with van der Waals surface area (Å²) in [7, 11) is 2.96. The van der Waals surface area contributed by atoms with Crippen LogP contribution in [-0.4, -0.2) is 56.8 Å². The average molecular weight is 380 g/mol. The number of rotatable bonds is 7. The van der Waals surface area contributed by atoms with Crippen LogP contribution in [0.3, 0.4) is 0 Å². The van der Waals surface area contributed by atoms with Crippen LogP contribution in [0.5, 0.6) is 23.0 Å². The fourth-order valence-corrected chi connectivity index (χ4v) is 3.05. The second-order valence-electron chi connectivity index (χ2n) is 5.66. The minimum absolute atomic E-state index is 0.0112. The molecule has 1 atom stereocenters. The number of hydrogen-bond acceptors (Lipinski definition) is 10. The van der Waals surface area contributed by atoms with E-state index >= 15 is 0 Å². The van der Waals surface area contributed by atoms with Crippen molar-refractivity contribution in [1.29, 1.82) is 0 Å². The zero-order chi connectivity index (χ0) is 19.4. The Labute approximate surface area is 155 Å². The second-order valence-corrected chi connectivity index (χ2v) is 5.66. The molecule has 0 saturated carbocycles. The number of methoxy groups -OCH3 is 2. The highest BCUT2D eigenvalue weighted by Gasteiger charge is 2.34. The average Bonchev–Trinajstić information content (AvgIpc) is 3.32. The number of nitrogens with zero attached hydrogens (tertiary/aromatic N) is 2. The summed E-state index contributed by atoms with van der Waals surface area (Å²) in [6.07, 6.45) is 1.35. The Bertz CT molecular complexity index is 790. The first kappa shape index (κ1) is 18.6. The van der Waals surface area contributed by atoms with Crippen LogP contribution in [0.2, 0.25) is 0 Å². The van der Waals surface area contributed by atoms with Gasteiger partial charge < -0.3 is 33.7 Å². The van der Waals surface area contributed by atoms with E-state index in [1.807, 2.05) is 0 Å². The van der Waals surface area contributed by atoms with E-state index in [2.05, 4.69) is 10.3 Å². The third-order valence-electron chi connectivity index (χ3n) is 4.14. The molecule has 10 nitrogen and oxygen atoms in total. The van der Waals surface area contributed by atoms with Crippen molar-refractivity contribution in [2.24, 2.45) is 10.3 Å². The summed E-state index contributed by atoms with van der Waals surface area (Å²) in [4.78, 5) is 17.2. The van der Waals surface area contributed by atoms with E-state index in [4.69, 9.17) is 33.7 Å². The van der Waals surface area contributed by atoms with Gasteiger partial charge in [0.2, 0.25) is 18.3 Å². The van der Waals surface area contributed by atoms with Crippen molar-refractivity contribution in [3.63, 3.8) is 0 Å². The Balaban J connectivity index is 1.94. The summed E-state index contributed by atoms with van der Waals surface area (Å²) in [6, 6.07) is 0. The summed E-state index contributed by atoms with van der Waals surface area (Å²) in [5.41, 5.74) is 1.28. The lowest BCUT2D eigenvalue weighted by molar-refractivity contribution is -0.135. The van der Waals surface area contributed by atoms with Gasteiger partial charge in [-0.25, -0.2) is 4.79 Å². The highest BCUT2D eigenvalue weighted by molar-refractivity contribution is 6.36. The van der Waals surface area contributed by atoms with Crippen LogP contribution in [0.25, 0.3) is 0 Å². The Morgan fingerprint density at radius 1 is 1.30 bits per heavy atom. The molecule has 27 heavy (non-hydrogen) atoms. The number of carbonyl (C=O) groups excluding carboxylic acids is 1. The molecule has 1 N–H and O–H groups in total. The Morgan fingerprint density at radius 3 is 2.63 bits per heavy atom. The number of ether oxygens (including phenoxy) is 5. The van der Waals surface area contributed by atoms with E-state index in [0.717, 1.165) is 0 Å². The molecule has 0 saturated heterocycles. The predicted octanol–water partition coefficient (Wildman–Crippen LogP) is 1.49. The SMILES string of the molecule is CCOC(=O)C1=NO[C@H](Cc2c(/C=N/O)c(OC)c3c(c2OC)OCO3)C1. The van der Waals surface area contributed by atoms with Crippen molar-refractivity contribution in [2.75, 3.05) is 27.6 Å². The molecular formula is C17H20N2O8. The molecule has 10 heteroatoms. The fourth-order valence-electron chi connectivity index (χ4n) is 3.05. The lowest BCUT2D eigenvalue weighted by Gasteiger charge is -2.19. The maximum Gasteiger partial charge on any atom is 0.356 e. The van der Waals surface area contributed by atoms with Crippen LogP contribution in [0.15, 0.2) is 10.3 Å². The molecule has 0 aliphatic carbocycles. The largest absolute Gasteiger partial charge is 0.492 e. The third kappa shape index (κ3) is 3.42. The number of esters is 1. The predicted molar refractivity (Wildman–Crippen MR) is 92.3 cm³/mol. The topological polar surface area (TPSA) is 117 Å². The summed E-state index contributed by atoms with van der Waals surface area (Å²) in [6.45, 7) is 1.99. The van der Waals surface area contributed by atoms with Gasteiger partial charge >= 0.3 is 5.97 Å². The van der Waals surface area contributed by atoms with Crippen molar-refractivity contribution < 1.29 is 38.5 Å². The zero-order valence-corrected chi connectivity index (χ0v) is 15.2. The third-order valence-corrected chi connectivity index (χ3v) is 4.14. The molecule has 146 valence electrons. The van der Waals surface area contributed by atoms with E-state index in [1.54, 1.807) is 6.92 Å². The molecule has 2 heterocycles. The standard InChI is InChI=1S/C17H20N2O8/c1-4-24-17(20)12-6-9(27-19-12)5-10-11(7-18-21)14(23-3)16-15(13(10)22-2)25-8-26-16/h7,9,21H,4-6,8H2,1-3H3/b18-7+/t9-/m1/s1. The van der Waals surface area contributed by atoms with E-state index in [-0.39, 0.29) is 25.5 Å². The summed E-state index contributed by atoms with van der Waals surface area (Å²) in [5, 5.41) is 16.0. The smallest absolute Gasteiger partial charge is 0.356 e. The van der Waals surface area contributed by atoms with Crippen molar-refractivity contribution in [2.45, 2.75) is 25.9 Å². The molecule has 0 unspecified atom stereocenters. The molecule has 3 rings (SSSR count). The zero-order valence-electron chi connectivity index (χ0n) is 15.2. The van der Waals surface area contributed by atoms with Crippen LogP contribution in [-0.2, 0) is 20.8 Å². The van der Waals surface area contributed by atoms with Gasteiger partial charge in [-0.3, -0.25) is 0 Å². The van der Waals surface area contributed by atoms with Gasteiger partial charge in [0.25, 0.3) is 0 Å². The molecule has 2 aliphatic heterocycles. The van der Waals surface area contributed by atoms with Gasteiger partial charge in [0.1, 0.15) is 6.10 Å². The fraction of sp³-hybridized carbons (Fsp3) is 0.471. The van der Waals surface area contributed by atoms with Gasteiger partial charge in [-0.05, 0) is 6.92 Å². The van der Waals surface area contributed by atoms with Gasteiger partial charge in [0, 0.05) is 24.0 Å². The minimum atomic E-state index is -0.507. The van der Waals surface area contributed by atoms with Crippen molar-refractivity contribution >= 4 is 17.9 Å². The van der Waals surface area contributed by atoms with Crippen LogP contribution >= 0.6 is 0 Å². The van der Waals surface area contributed by atoms with Gasteiger partial charge in [0.05, 0.1) is 27.0 Å². The molecule has 0 spiro atoms. The number of hydrogen-bond donors (Lipinski definition) is 1. The lowest BCUT2D eigenvalue weighted by atomic mass is 9.96. The maximum absolute atomic E-state index is 11.8. The first-order valence-electron chi connectivity index (χ1n) is 8.28. The van der Waals surface area contributed by atoms with Crippen molar-refractivity contribution in [1.82, 2.24) is 0 Å². The van der Waals surface area contributed by atoms with Crippen molar-refractivity contribution in [3.8, 4) is 23.0 Å². The van der Waals surface area contributed by atoms with Gasteiger partial charge in [-0.1, -0.05) is 10.3 Å². The molecule has 0 bridgehead atoms. The molecule has 1 aromatic carbocycles. The van der Waals surface area contributed by atoms with Gasteiger partial charge in [-0.2, -0.15) is 0 Å². The van der Waals surface area contributed by atoms with Crippen LogP contribution in [0.4, 0.5) is 0 Å². The van der Waals surface area contributed by atoms with Crippen LogP contribution < -0.4 is 18.9 Å². The van der Waals surface area contributed by atoms with E-state index < -0.39 is 12.1 Å². The highest BCUT2D eigenvalue weighted by atomic mass is 16.7. The maximum atomic E-state index is 11.8. The van der Waals surface area contributed by atoms with Crippen LogP contribution in [0.1, 0.15) is 24.5 Å². The molecular weight excluding hydrogens is 360 g/mol. The Hall–Kier alpha value is -3.17. The minimum Gasteiger partial charge on any atom is -0.492 e. The summed E-state index contributed by atoms with van der Waals surface area (Å²) in [5.74, 6) is 1.01. The number of oxime groups is 2. The van der Waals surface area contributed by atoms with Crippen molar-refractivity contribution in [3.05, 3.63) is 11.1 Å². The molecule has 0 aromatic heterocycles. The number of carbonyl (C=O) groups is 1. The first-order valence-corrected chi connectivity index (χ1v) is 8.28. The monoisotopic (exact) mass is 380 g/mol. The number of fused-ring (bicyclic) bond motifs is 1. The van der Waals surface area contributed by atoms with E-state index in [9.17, 15) is 4.79 Å². The molecule has 2 aliphatic rings. The van der Waals surface area contributed by atoms with Crippen LogP contribution in [0, 0.1) is 0 Å². The molecule has 0 fully saturated rings. The Kier molecular flexibility index (Phi) is 5.53. The van der Waals surface area contributed by atoms with Gasteiger partial charge in [-0.15, -0.1) is 0 Å². The van der Waals surface area contributed by atoms with Gasteiger partial charge in [0.15, 0.2) is 17.2 Å².